The molecule has 3 nitrogen and oxygen atoms in total. The normalized spacial score (nSPS) is 10.9. The van der Waals surface area contributed by atoms with Gasteiger partial charge in [0.1, 0.15) is 22.3 Å². The van der Waals surface area contributed by atoms with Gasteiger partial charge in [0.25, 0.3) is 0 Å². The molecule has 4 aromatic rings. The van der Waals surface area contributed by atoms with Gasteiger partial charge in [-0.15, -0.1) is 11.3 Å². The van der Waals surface area contributed by atoms with Crippen LogP contribution >= 0.6 is 27.3 Å². The SMILES string of the molecule is Cc1c(Oc2ncnc3c(Br)csc23)cccc1-c1ccccc1. The van der Waals surface area contributed by atoms with Gasteiger partial charge in [0.2, 0.25) is 5.88 Å². The van der Waals surface area contributed by atoms with Crippen LogP contribution < -0.4 is 4.74 Å². The predicted octanol–water partition coefficient (Wildman–Crippen LogP) is 6.22. The number of ether oxygens (including phenoxy) is 1. The summed E-state index contributed by atoms with van der Waals surface area (Å²) in [5.74, 6) is 1.39. The van der Waals surface area contributed by atoms with Crippen LogP contribution in [-0.2, 0) is 0 Å². The summed E-state index contributed by atoms with van der Waals surface area (Å²) in [6.45, 7) is 2.07. The highest BCUT2D eigenvalue weighted by Crippen LogP contribution is 2.37. The molecule has 0 fully saturated rings. The van der Waals surface area contributed by atoms with Gasteiger partial charge in [-0.25, -0.2) is 9.97 Å². The Morgan fingerprint density at radius 1 is 1.00 bits per heavy atom. The highest BCUT2D eigenvalue weighted by Gasteiger charge is 2.13. The van der Waals surface area contributed by atoms with E-state index in [-0.39, 0.29) is 0 Å². The second-order valence-electron chi connectivity index (χ2n) is 5.34. The maximum absolute atomic E-state index is 6.14. The Kier molecular flexibility index (Phi) is 4.04. The van der Waals surface area contributed by atoms with Gasteiger partial charge in [-0.05, 0) is 45.6 Å². The lowest BCUT2D eigenvalue weighted by Crippen LogP contribution is -1.93. The lowest BCUT2D eigenvalue weighted by molar-refractivity contribution is 0.466. The molecule has 118 valence electrons. The molecule has 2 aromatic carbocycles. The second kappa shape index (κ2) is 6.34. The van der Waals surface area contributed by atoms with E-state index in [2.05, 4.69) is 51.0 Å². The van der Waals surface area contributed by atoms with Crippen LogP contribution in [0, 0.1) is 6.92 Å². The van der Waals surface area contributed by atoms with E-state index in [9.17, 15) is 0 Å². The zero-order valence-electron chi connectivity index (χ0n) is 12.9. The minimum Gasteiger partial charge on any atom is -0.437 e. The van der Waals surface area contributed by atoms with Crippen molar-refractivity contribution < 1.29 is 4.74 Å². The first-order valence-corrected chi connectivity index (χ1v) is 9.12. The standard InChI is InChI=1S/C19H13BrN2OS/c1-12-14(13-6-3-2-4-7-13)8-5-9-16(12)23-19-18-17(21-11-22-19)15(20)10-24-18/h2-11H,1H3. The zero-order chi connectivity index (χ0) is 16.5. The van der Waals surface area contributed by atoms with Crippen molar-refractivity contribution in [1.29, 1.82) is 0 Å². The summed E-state index contributed by atoms with van der Waals surface area (Å²) in [6.07, 6.45) is 1.53. The van der Waals surface area contributed by atoms with E-state index in [1.165, 1.54) is 11.9 Å². The van der Waals surface area contributed by atoms with Gasteiger partial charge in [-0.2, -0.15) is 0 Å². The van der Waals surface area contributed by atoms with E-state index in [1.807, 2.05) is 35.7 Å². The average molecular weight is 397 g/mol. The molecule has 4 rings (SSSR count). The van der Waals surface area contributed by atoms with Crippen LogP contribution in [-0.4, -0.2) is 9.97 Å². The van der Waals surface area contributed by atoms with Crippen molar-refractivity contribution in [2.75, 3.05) is 0 Å². The highest BCUT2D eigenvalue weighted by molar-refractivity contribution is 9.10. The van der Waals surface area contributed by atoms with Crippen molar-refractivity contribution in [3.63, 3.8) is 0 Å². The van der Waals surface area contributed by atoms with Crippen molar-refractivity contribution in [2.45, 2.75) is 6.92 Å². The maximum atomic E-state index is 6.14. The predicted molar refractivity (Wildman–Crippen MR) is 102 cm³/mol. The molecule has 0 saturated carbocycles. The molecule has 2 aromatic heterocycles. The monoisotopic (exact) mass is 396 g/mol. The van der Waals surface area contributed by atoms with Crippen LogP contribution in [0.4, 0.5) is 0 Å². The Bertz CT molecular complexity index is 1010. The lowest BCUT2D eigenvalue weighted by Gasteiger charge is -2.12. The number of halogens is 1. The Morgan fingerprint density at radius 3 is 2.67 bits per heavy atom. The number of hydrogen-bond donors (Lipinski definition) is 0. The third-order valence-electron chi connectivity index (χ3n) is 3.85. The molecular weight excluding hydrogens is 384 g/mol. The van der Waals surface area contributed by atoms with Crippen LogP contribution in [0.1, 0.15) is 5.56 Å². The van der Waals surface area contributed by atoms with Gasteiger partial charge in [0.05, 0.1) is 4.47 Å². The van der Waals surface area contributed by atoms with Gasteiger partial charge in [-0.3, -0.25) is 0 Å². The molecule has 2 heterocycles. The second-order valence-corrected chi connectivity index (χ2v) is 7.07. The molecule has 0 unspecified atom stereocenters. The first-order chi connectivity index (χ1) is 11.7. The molecule has 5 heteroatoms. The van der Waals surface area contributed by atoms with Gasteiger partial charge < -0.3 is 4.74 Å². The van der Waals surface area contributed by atoms with Gasteiger partial charge >= 0.3 is 0 Å². The van der Waals surface area contributed by atoms with Crippen LogP contribution in [0.2, 0.25) is 0 Å². The fraction of sp³-hybridized carbons (Fsp3) is 0.0526. The third-order valence-corrected chi connectivity index (χ3v) is 5.72. The average Bonchev–Trinajstić information content (AvgIpc) is 3.00. The summed E-state index contributed by atoms with van der Waals surface area (Å²) >= 11 is 5.08. The Hall–Kier alpha value is -2.24. The minimum absolute atomic E-state index is 0.587. The zero-order valence-corrected chi connectivity index (χ0v) is 15.3. The Labute approximate surface area is 152 Å². The van der Waals surface area contributed by atoms with E-state index < -0.39 is 0 Å². The molecule has 0 spiro atoms. The van der Waals surface area contributed by atoms with E-state index in [0.29, 0.717) is 5.88 Å². The number of rotatable bonds is 3. The summed E-state index contributed by atoms with van der Waals surface area (Å²) in [6, 6.07) is 16.4. The number of hydrogen-bond acceptors (Lipinski definition) is 4. The summed E-state index contributed by atoms with van der Waals surface area (Å²) in [5.41, 5.74) is 4.30. The van der Waals surface area contributed by atoms with Crippen LogP contribution in [0.15, 0.2) is 64.7 Å². The molecule has 0 atom stereocenters. The summed E-state index contributed by atoms with van der Waals surface area (Å²) in [7, 11) is 0. The fourth-order valence-electron chi connectivity index (χ4n) is 2.63. The Morgan fingerprint density at radius 2 is 1.83 bits per heavy atom. The van der Waals surface area contributed by atoms with Crippen molar-refractivity contribution in [3.05, 3.63) is 70.3 Å². The minimum atomic E-state index is 0.587. The number of nitrogens with zero attached hydrogens (tertiary/aromatic N) is 2. The lowest BCUT2D eigenvalue weighted by atomic mass is 10.00. The van der Waals surface area contributed by atoms with Crippen molar-refractivity contribution in [3.8, 4) is 22.8 Å². The quantitative estimate of drug-likeness (QED) is 0.412. The molecule has 0 saturated heterocycles. The smallest absolute Gasteiger partial charge is 0.240 e. The molecule has 0 aliphatic heterocycles. The maximum Gasteiger partial charge on any atom is 0.240 e. The van der Waals surface area contributed by atoms with Gasteiger partial charge in [-0.1, -0.05) is 42.5 Å². The molecule has 0 radical (unpaired) electrons. The molecule has 24 heavy (non-hydrogen) atoms. The van der Waals surface area contributed by atoms with E-state index in [4.69, 9.17) is 4.74 Å². The Balaban J connectivity index is 1.78. The fourth-order valence-corrected chi connectivity index (χ4v) is 4.15. The topological polar surface area (TPSA) is 35.0 Å². The first kappa shape index (κ1) is 15.3. The molecular formula is C19H13BrN2OS. The van der Waals surface area contributed by atoms with Crippen molar-refractivity contribution in [1.82, 2.24) is 9.97 Å². The van der Waals surface area contributed by atoms with E-state index >= 15 is 0 Å². The van der Waals surface area contributed by atoms with E-state index in [1.54, 1.807) is 11.3 Å². The largest absolute Gasteiger partial charge is 0.437 e. The van der Waals surface area contributed by atoms with Gasteiger partial charge in [0, 0.05) is 5.38 Å². The van der Waals surface area contributed by atoms with Crippen molar-refractivity contribution in [2.24, 2.45) is 0 Å². The third kappa shape index (κ3) is 2.70. The van der Waals surface area contributed by atoms with Crippen molar-refractivity contribution >= 4 is 37.5 Å². The molecule has 0 N–H and O–H groups in total. The first-order valence-electron chi connectivity index (χ1n) is 7.44. The van der Waals surface area contributed by atoms with Crippen LogP contribution in [0.25, 0.3) is 21.3 Å². The van der Waals surface area contributed by atoms with Gasteiger partial charge in [0.15, 0.2) is 0 Å². The van der Waals surface area contributed by atoms with Crippen LogP contribution in [0.5, 0.6) is 11.6 Å². The van der Waals surface area contributed by atoms with Crippen LogP contribution in [0.3, 0.4) is 0 Å². The summed E-state index contributed by atoms with van der Waals surface area (Å²) in [5, 5.41) is 2.00. The highest BCUT2D eigenvalue weighted by atomic mass is 79.9. The molecule has 0 bridgehead atoms. The number of fused-ring (bicyclic) bond motifs is 1. The number of aromatic nitrogens is 2. The molecule has 0 aliphatic rings. The summed E-state index contributed by atoms with van der Waals surface area (Å²) in [4.78, 5) is 8.62. The van der Waals surface area contributed by atoms with E-state index in [0.717, 1.165) is 31.6 Å². The number of benzene rings is 2. The molecule has 0 amide bonds. The molecule has 0 aliphatic carbocycles. The summed E-state index contributed by atoms with van der Waals surface area (Å²) < 4.78 is 8.04. The number of thiophene rings is 1.